The third-order valence-corrected chi connectivity index (χ3v) is 3.33. The Hall–Kier alpha value is -1.89. The third-order valence-electron chi connectivity index (χ3n) is 2.84. The first-order chi connectivity index (χ1) is 10.5. The van der Waals surface area contributed by atoms with Crippen molar-refractivity contribution in [2.24, 2.45) is 5.10 Å². The number of hydrogen-bond donors (Lipinski definition) is 2. The molecule has 0 spiro atoms. The molecule has 0 radical (unpaired) electrons. The minimum atomic E-state index is -0.801. The zero-order chi connectivity index (χ0) is 16.5. The first kappa shape index (κ1) is 18.2. The molecule has 0 aromatic heterocycles. The molecule has 0 fully saturated rings. The summed E-state index contributed by atoms with van der Waals surface area (Å²) in [7, 11) is 0. The molecule has 6 nitrogen and oxygen atoms in total. The zero-order valence-electron chi connectivity index (χ0n) is 12.9. The van der Waals surface area contributed by atoms with Crippen LogP contribution in [0, 0.1) is 0 Å². The van der Waals surface area contributed by atoms with E-state index in [4.69, 9.17) is 4.74 Å². The van der Waals surface area contributed by atoms with E-state index in [-0.39, 0.29) is 6.04 Å². The summed E-state index contributed by atoms with van der Waals surface area (Å²) in [6.45, 7) is 6.14. The van der Waals surface area contributed by atoms with Gasteiger partial charge in [-0.2, -0.15) is 5.10 Å². The average Bonchev–Trinajstić information content (AvgIpc) is 2.49. The molecule has 0 saturated heterocycles. The Balaban J connectivity index is 2.67. The summed E-state index contributed by atoms with van der Waals surface area (Å²) in [5, 5.41) is 6.36. The first-order valence-electron chi connectivity index (χ1n) is 7.04. The molecule has 2 N–H and O–H groups in total. The lowest BCUT2D eigenvalue weighted by atomic mass is 10.2. The molecule has 2 amide bonds. The molecule has 7 heteroatoms. The third kappa shape index (κ3) is 5.85. The van der Waals surface area contributed by atoms with Crippen molar-refractivity contribution < 1.29 is 14.3 Å². The van der Waals surface area contributed by atoms with Gasteiger partial charge in [-0.15, -0.1) is 0 Å². The summed E-state index contributed by atoms with van der Waals surface area (Å²) in [4.78, 5) is 23.1. The minimum Gasteiger partial charge on any atom is -0.493 e. The molecule has 0 saturated carbocycles. The molecule has 0 aliphatic rings. The van der Waals surface area contributed by atoms with Gasteiger partial charge in [0.05, 0.1) is 12.8 Å². The normalized spacial score (nSPS) is 12.0. The van der Waals surface area contributed by atoms with Gasteiger partial charge in [-0.1, -0.05) is 22.9 Å². The largest absolute Gasteiger partial charge is 0.493 e. The highest BCUT2D eigenvalue weighted by Crippen LogP contribution is 2.21. The lowest BCUT2D eigenvalue weighted by molar-refractivity contribution is -0.139. The number of carbonyl (C=O) groups is 2. The van der Waals surface area contributed by atoms with Gasteiger partial charge < -0.3 is 10.1 Å². The molecule has 0 aliphatic heterocycles. The van der Waals surface area contributed by atoms with E-state index in [1.165, 1.54) is 6.21 Å². The molecule has 1 aromatic rings. The number of rotatable bonds is 6. The van der Waals surface area contributed by atoms with Crippen molar-refractivity contribution in [3.8, 4) is 5.75 Å². The monoisotopic (exact) mass is 369 g/mol. The SMILES string of the molecule is CCOc1ccc(Br)cc1/C=N\NC(=O)C(=O)N[C@H](C)CC. The van der Waals surface area contributed by atoms with Crippen LogP contribution >= 0.6 is 15.9 Å². The topological polar surface area (TPSA) is 79.8 Å². The van der Waals surface area contributed by atoms with Gasteiger partial charge in [-0.3, -0.25) is 9.59 Å². The minimum absolute atomic E-state index is 0.0585. The molecule has 120 valence electrons. The van der Waals surface area contributed by atoms with Gasteiger partial charge in [-0.05, 0) is 38.5 Å². The van der Waals surface area contributed by atoms with E-state index >= 15 is 0 Å². The van der Waals surface area contributed by atoms with Gasteiger partial charge in [0.25, 0.3) is 0 Å². The highest BCUT2D eigenvalue weighted by Gasteiger charge is 2.14. The Bertz CT molecular complexity index is 561. The first-order valence-corrected chi connectivity index (χ1v) is 7.83. The van der Waals surface area contributed by atoms with E-state index in [0.29, 0.717) is 17.9 Å². The van der Waals surface area contributed by atoms with Crippen LogP contribution in [-0.2, 0) is 9.59 Å². The smallest absolute Gasteiger partial charge is 0.329 e. The van der Waals surface area contributed by atoms with Crippen molar-refractivity contribution in [2.45, 2.75) is 33.2 Å². The van der Waals surface area contributed by atoms with Crippen molar-refractivity contribution in [1.82, 2.24) is 10.7 Å². The quantitative estimate of drug-likeness (QED) is 0.458. The summed E-state index contributed by atoms with van der Waals surface area (Å²) in [5.74, 6) is -0.858. The van der Waals surface area contributed by atoms with Crippen LogP contribution in [0.1, 0.15) is 32.8 Å². The van der Waals surface area contributed by atoms with Gasteiger partial charge in [0.2, 0.25) is 0 Å². The van der Waals surface area contributed by atoms with Crippen LogP contribution in [0.3, 0.4) is 0 Å². The second kappa shape index (κ2) is 9.19. The van der Waals surface area contributed by atoms with Crippen LogP contribution < -0.4 is 15.5 Å². The Labute approximate surface area is 138 Å². The molecule has 1 aromatic carbocycles. The maximum Gasteiger partial charge on any atom is 0.329 e. The molecule has 1 atom stereocenters. The predicted octanol–water partition coefficient (Wildman–Crippen LogP) is 2.21. The number of carbonyl (C=O) groups excluding carboxylic acids is 2. The molecule has 0 unspecified atom stereocenters. The molecular weight excluding hydrogens is 350 g/mol. The zero-order valence-corrected chi connectivity index (χ0v) is 14.4. The van der Waals surface area contributed by atoms with Crippen LogP contribution in [0.15, 0.2) is 27.8 Å². The second-order valence-electron chi connectivity index (χ2n) is 4.60. The fraction of sp³-hybridized carbons (Fsp3) is 0.400. The van der Waals surface area contributed by atoms with Crippen molar-refractivity contribution in [3.05, 3.63) is 28.2 Å². The molecular formula is C15H20BrN3O3. The van der Waals surface area contributed by atoms with E-state index < -0.39 is 11.8 Å². The van der Waals surface area contributed by atoms with Crippen molar-refractivity contribution >= 4 is 34.0 Å². The number of amides is 2. The second-order valence-corrected chi connectivity index (χ2v) is 5.51. The highest BCUT2D eigenvalue weighted by atomic mass is 79.9. The number of hydrogen-bond acceptors (Lipinski definition) is 4. The highest BCUT2D eigenvalue weighted by molar-refractivity contribution is 9.10. The molecule has 0 bridgehead atoms. The Kier molecular flexibility index (Phi) is 7.59. The van der Waals surface area contributed by atoms with Crippen LogP contribution in [0.5, 0.6) is 5.75 Å². The molecule has 0 heterocycles. The lowest BCUT2D eigenvalue weighted by Gasteiger charge is -2.09. The van der Waals surface area contributed by atoms with Crippen LogP contribution in [0.2, 0.25) is 0 Å². The number of nitrogens with zero attached hydrogens (tertiary/aromatic N) is 1. The van der Waals surface area contributed by atoms with Gasteiger partial charge in [0.1, 0.15) is 5.75 Å². The van der Waals surface area contributed by atoms with Crippen LogP contribution in [0.4, 0.5) is 0 Å². The van der Waals surface area contributed by atoms with E-state index in [2.05, 4.69) is 31.8 Å². The molecule has 22 heavy (non-hydrogen) atoms. The maximum absolute atomic E-state index is 11.6. The average molecular weight is 370 g/mol. The standard InChI is InChI=1S/C15H20BrN3O3/c1-4-10(3)18-14(20)15(21)19-17-9-11-8-12(16)6-7-13(11)22-5-2/h6-10H,4-5H2,1-3H3,(H,18,20)(H,19,21)/b17-9-/t10-/m1/s1. The number of ether oxygens (including phenoxy) is 1. The van der Waals surface area contributed by atoms with Crippen LogP contribution in [0.25, 0.3) is 0 Å². The fourth-order valence-corrected chi connectivity index (χ4v) is 1.89. The Morgan fingerprint density at radius 1 is 1.36 bits per heavy atom. The van der Waals surface area contributed by atoms with Gasteiger partial charge in [0.15, 0.2) is 0 Å². The van der Waals surface area contributed by atoms with E-state index in [1.807, 2.05) is 26.8 Å². The van der Waals surface area contributed by atoms with E-state index in [0.717, 1.165) is 10.9 Å². The van der Waals surface area contributed by atoms with Crippen molar-refractivity contribution in [3.63, 3.8) is 0 Å². The van der Waals surface area contributed by atoms with Gasteiger partial charge in [-0.25, -0.2) is 5.43 Å². The van der Waals surface area contributed by atoms with E-state index in [9.17, 15) is 9.59 Å². The predicted molar refractivity (Wildman–Crippen MR) is 88.9 cm³/mol. The summed E-state index contributed by atoms with van der Waals surface area (Å²) < 4.78 is 6.32. The fourth-order valence-electron chi connectivity index (χ4n) is 1.51. The van der Waals surface area contributed by atoms with E-state index in [1.54, 1.807) is 12.1 Å². The molecule has 1 rings (SSSR count). The lowest BCUT2D eigenvalue weighted by Crippen LogP contribution is -2.41. The maximum atomic E-state index is 11.6. The summed E-state index contributed by atoms with van der Waals surface area (Å²) in [5.41, 5.74) is 2.89. The van der Waals surface area contributed by atoms with Crippen molar-refractivity contribution in [1.29, 1.82) is 0 Å². The van der Waals surface area contributed by atoms with Crippen LogP contribution in [-0.4, -0.2) is 30.7 Å². The summed E-state index contributed by atoms with van der Waals surface area (Å²) >= 11 is 3.36. The van der Waals surface area contributed by atoms with Gasteiger partial charge >= 0.3 is 11.8 Å². The Morgan fingerprint density at radius 3 is 2.73 bits per heavy atom. The summed E-state index contributed by atoms with van der Waals surface area (Å²) in [6, 6.07) is 5.39. The molecule has 0 aliphatic carbocycles. The Morgan fingerprint density at radius 2 is 2.09 bits per heavy atom. The van der Waals surface area contributed by atoms with Crippen molar-refractivity contribution in [2.75, 3.05) is 6.61 Å². The number of hydrazone groups is 1. The number of benzene rings is 1. The number of nitrogens with one attached hydrogen (secondary N) is 2. The van der Waals surface area contributed by atoms with Gasteiger partial charge in [0, 0.05) is 16.1 Å². The summed E-state index contributed by atoms with van der Waals surface area (Å²) in [6.07, 6.45) is 2.18. The number of halogens is 1.